The molecular weight excluding hydrogens is 382 g/mol. The maximum Gasteiger partial charge on any atom is 0.255 e. The van der Waals surface area contributed by atoms with Gasteiger partial charge in [-0.05, 0) is 67.4 Å². The molecule has 0 radical (unpaired) electrons. The van der Waals surface area contributed by atoms with Crippen LogP contribution in [-0.2, 0) is 4.79 Å². The highest BCUT2D eigenvalue weighted by Crippen LogP contribution is 2.29. The largest absolute Gasteiger partial charge is 0.494 e. The van der Waals surface area contributed by atoms with E-state index in [0.717, 1.165) is 17.0 Å². The number of carbonyl (C=O) groups is 1. The number of benzene rings is 2. The van der Waals surface area contributed by atoms with E-state index in [9.17, 15) is 4.79 Å². The Hall–Kier alpha value is -2.86. The molecule has 152 valence electrons. The Bertz CT molecular complexity index is 918. The van der Waals surface area contributed by atoms with Crippen LogP contribution in [0.5, 0.6) is 5.75 Å². The number of hydrogen-bond acceptors (Lipinski definition) is 3. The molecule has 3 N–H and O–H groups in total. The molecule has 2 aromatic carbocycles. The number of amides is 1. The van der Waals surface area contributed by atoms with E-state index in [1.165, 1.54) is 5.56 Å². The number of hydrogen-bond donors (Lipinski definition) is 3. The van der Waals surface area contributed by atoms with Gasteiger partial charge in [0.1, 0.15) is 5.75 Å². The number of nitrogens with one attached hydrogen (secondary N) is 3. The fourth-order valence-electron chi connectivity index (χ4n) is 3.32. The maximum absolute atomic E-state index is 13.1. The normalized spacial score (nSPS) is 16.3. The van der Waals surface area contributed by atoms with Gasteiger partial charge in [0, 0.05) is 11.4 Å². The summed E-state index contributed by atoms with van der Waals surface area (Å²) in [7, 11) is 0. The van der Waals surface area contributed by atoms with E-state index in [1.807, 2.05) is 38.1 Å². The van der Waals surface area contributed by atoms with Crippen molar-refractivity contribution in [2.45, 2.75) is 39.7 Å². The summed E-state index contributed by atoms with van der Waals surface area (Å²) < 4.78 is 5.46. The van der Waals surface area contributed by atoms with Crippen LogP contribution in [0.3, 0.4) is 0 Å². The Morgan fingerprint density at radius 2 is 1.79 bits per heavy atom. The van der Waals surface area contributed by atoms with Gasteiger partial charge in [0.15, 0.2) is 5.11 Å². The molecule has 29 heavy (non-hydrogen) atoms. The quantitative estimate of drug-likeness (QED) is 0.607. The fraction of sp³-hybridized carbons (Fsp3) is 0.304. The number of carbonyl (C=O) groups excluding carboxylic acids is 1. The van der Waals surface area contributed by atoms with E-state index >= 15 is 0 Å². The van der Waals surface area contributed by atoms with Crippen molar-refractivity contribution in [1.29, 1.82) is 0 Å². The minimum atomic E-state index is -0.312. The summed E-state index contributed by atoms with van der Waals surface area (Å²) in [4.78, 5) is 13.1. The molecule has 1 aliphatic rings. The first-order valence-corrected chi connectivity index (χ1v) is 10.2. The SMILES string of the molecule is CCOc1ccc(NC(=O)C2=C(C)NC(=S)N[C@H]2c2ccc(C(C)C)cc2)cc1. The van der Waals surface area contributed by atoms with Crippen LogP contribution < -0.4 is 20.7 Å². The molecule has 3 rings (SSSR count). The second-order valence-corrected chi connectivity index (χ2v) is 7.71. The molecule has 1 atom stereocenters. The second kappa shape index (κ2) is 9.09. The molecular formula is C23H27N3O2S. The molecule has 0 saturated heterocycles. The van der Waals surface area contributed by atoms with Crippen molar-refractivity contribution in [2.75, 3.05) is 11.9 Å². The minimum absolute atomic E-state index is 0.174. The van der Waals surface area contributed by atoms with E-state index in [-0.39, 0.29) is 11.9 Å². The molecule has 0 bridgehead atoms. The zero-order valence-corrected chi connectivity index (χ0v) is 18.0. The second-order valence-electron chi connectivity index (χ2n) is 7.30. The standard InChI is InChI=1S/C23H27N3O2S/c1-5-28-19-12-10-18(11-13-19)25-22(27)20-15(4)24-23(29)26-21(20)17-8-6-16(7-9-17)14(2)3/h6-14,21H,5H2,1-4H3,(H,25,27)(H2,24,26,29)/t21-/m0/s1. The van der Waals surface area contributed by atoms with Crippen LogP contribution in [-0.4, -0.2) is 17.6 Å². The van der Waals surface area contributed by atoms with E-state index in [0.29, 0.717) is 28.9 Å². The summed E-state index contributed by atoms with van der Waals surface area (Å²) in [5.41, 5.74) is 4.32. The van der Waals surface area contributed by atoms with Gasteiger partial charge in [0.2, 0.25) is 0 Å². The molecule has 0 saturated carbocycles. The molecule has 1 amide bonds. The van der Waals surface area contributed by atoms with Crippen LogP contribution in [0.1, 0.15) is 50.8 Å². The highest BCUT2D eigenvalue weighted by molar-refractivity contribution is 7.80. The third-order valence-electron chi connectivity index (χ3n) is 4.87. The van der Waals surface area contributed by atoms with Crippen molar-refractivity contribution in [3.8, 4) is 5.75 Å². The zero-order valence-electron chi connectivity index (χ0n) is 17.2. The van der Waals surface area contributed by atoms with Gasteiger partial charge < -0.3 is 20.7 Å². The molecule has 0 spiro atoms. The lowest BCUT2D eigenvalue weighted by Gasteiger charge is -2.30. The van der Waals surface area contributed by atoms with Gasteiger partial charge in [-0.25, -0.2) is 0 Å². The number of rotatable bonds is 6. The third-order valence-corrected chi connectivity index (χ3v) is 5.09. The van der Waals surface area contributed by atoms with Gasteiger partial charge in [-0.1, -0.05) is 38.1 Å². The number of allylic oxidation sites excluding steroid dienone is 1. The predicted octanol–water partition coefficient (Wildman–Crippen LogP) is 4.64. The van der Waals surface area contributed by atoms with Crippen LogP contribution in [0.25, 0.3) is 0 Å². The van der Waals surface area contributed by atoms with Crippen LogP contribution in [0, 0.1) is 0 Å². The Labute approximate surface area is 177 Å². The lowest BCUT2D eigenvalue weighted by molar-refractivity contribution is -0.113. The summed E-state index contributed by atoms with van der Waals surface area (Å²) in [6, 6.07) is 15.3. The molecule has 0 aliphatic carbocycles. The van der Waals surface area contributed by atoms with Gasteiger partial charge in [-0.15, -0.1) is 0 Å². The van der Waals surface area contributed by atoms with Gasteiger partial charge in [-0.3, -0.25) is 4.79 Å². The third kappa shape index (κ3) is 4.95. The summed E-state index contributed by atoms with van der Waals surface area (Å²) >= 11 is 5.33. The van der Waals surface area contributed by atoms with Crippen molar-refractivity contribution in [3.63, 3.8) is 0 Å². The van der Waals surface area contributed by atoms with Gasteiger partial charge in [-0.2, -0.15) is 0 Å². The van der Waals surface area contributed by atoms with Gasteiger partial charge >= 0.3 is 0 Å². The number of anilines is 1. The lowest BCUT2D eigenvalue weighted by Crippen LogP contribution is -2.45. The Balaban J connectivity index is 1.85. The highest BCUT2D eigenvalue weighted by atomic mass is 32.1. The average Bonchev–Trinajstić information content (AvgIpc) is 2.69. The van der Waals surface area contributed by atoms with Crippen LogP contribution in [0.2, 0.25) is 0 Å². The lowest BCUT2D eigenvalue weighted by atomic mass is 9.92. The molecule has 0 unspecified atom stereocenters. The summed E-state index contributed by atoms with van der Waals surface area (Å²) in [5.74, 6) is 1.05. The first-order valence-electron chi connectivity index (χ1n) is 9.81. The van der Waals surface area contributed by atoms with E-state index in [1.54, 1.807) is 0 Å². The van der Waals surface area contributed by atoms with Gasteiger partial charge in [0.05, 0.1) is 18.2 Å². The molecule has 0 aromatic heterocycles. The topological polar surface area (TPSA) is 62.4 Å². The summed E-state index contributed by atoms with van der Waals surface area (Å²) in [6.07, 6.45) is 0. The minimum Gasteiger partial charge on any atom is -0.494 e. The monoisotopic (exact) mass is 409 g/mol. The molecule has 1 aliphatic heterocycles. The Morgan fingerprint density at radius 1 is 1.14 bits per heavy atom. The van der Waals surface area contributed by atoms with Crippen LogP contribution >= 0.6 is 12.2 Å². The molecule has 2 aromatic rings. The first-order chi connectivity index (χ1) is 13.9. The smallest absolute Gasteiger partial charge is 0.255 e. The Kier molecular flexibility index (Phi) is 6.54. The van der Waals surface area contributed by atoms with E-state index in [4.69, 9.17) is 17.0 Å². The number of ether oxygens (including phenoxy) is 1. The van der Waals surface area contributed by atoms with Crippen molar-refractivity contribution < 1.29 is 9.53 Å². The summed E-state index contributed by atoms with van der Waals surface area (Å²) in [5, 5.41) is 9.80. The number of thiocarbonyl (C=S) groups is 1. The predicted molar refractivity (Wildman–Crippen MR) is 121 cm³/mol. The van der Waals surface area contributed by atoms with Crippen molar-refractivity contribution in [2.24, 2.45) is 0 Å². The molecule has 6 heteroatoms. The zero-order chi connectivity index (χ0) is 21.0. The van der Waals surface area contributed by atoms with Crippen LogP contribution in [0.15, 0.2) is 59.8 Å². The highest BCUT2D eigenvalue weighted by Gasteiger charge is 2.30. The Morgan fingerprint density at radius 3 is 2.38 bits per heavy atom. The fourth-order valence-corrected chi connectivity index (χ4v) is 3.59. The molecule has 5 nitrogen and oxygen atoms in total. The van der Waals surface area contributed by atoms with Crippen LogP contribution in [0.4, 0.5) is 5.69 Å². The van der Waals surface area contributed by atoms with E-state index in [2.05, 4.69) is 54.1 Å². The van der Waals surface area contributed by atoms with Crippen molar-refractivity contribution >= 4 is 28.9 Å². The molecule has 1 heterocycles. The first kappa shape index (κ1) is 20.9. The average molecular weight is 410 g/mol. The van der Waals surface area contributed by atoms with Gasteiger partial charge in [0.25, 0.3) is 5.91 Å². The molecule has 0 fully saturated rings. The summed E-state index contributed by atoms with van der Waals surface area (Å²) in [6.45, 7) is 8.73. The maximum atomic E-state index is 13.1. The van der Waals surface area contributed by atoms with E-state index < -0.39 is 0 Å². The van der Waals surface area contributed by atoms with Crippen molar-refractivity contribution in [3.05, 3.63) is 70.9 Å². The van der Waals surface area contributed by atoms with Crippen molar-refractivity contribution in [1.82, 2.24) is 10.6 Å².